The summed E-state index contributed by atoms with van der Waals surface area (Å²) in [6, 6.07) is 16.3. The van der Waals surface area contributed by atoms with Gasteiger partial charge in [-0.25, -0.2) is 0 Å². The molecule has 2 aromatic rings. The molecule has 0 spiro atoms. The van der Waals surface area contributed by atoms with E-state index < -0.39 is 0 Å². The van der Waals surface area contributed by atoms with E-state index in [1.165, 1.54) is 144 Å². The molecular formula is C33H53N. The van der Waals surface area contributed by atoms with E-state index in [1.54, 1.807) is 0 Å². The first-order valence-corrected chi connectivity index (χ1v) is 14.7. The molecule has 0 aliphatic rings. The van der Waals surface area contributed by atoms with E-state index >= 15 is 0 Å². The molecule has 0 aliphatic carbocycles. The summed E-state index contributed by atoms with van der Waals surface area (Å²) in [7, 11) is 0. The summed E-state index contributed by atoms with van der Waals surface area (Å²) in [4.78, 5) is 0. The minimum Gasteiger partial charge on any atom is -0.355 e. The van der Waals surface area contributed by atoms with Gasteiger partial charge in [-0.2, -0.15) is 0 Å². The van der Waals surface area contributed by atoms with Gasteiger partial charge in [-0.15, -0.1) is 0 Å². The SMILES string of the molecule is CCCCCCCc1cccc(Nc2ccc(CCCCCCC)cc2CCCCCCC)c1. The van der Waals surface area contributed by atoms with Crippen molar-refractivity contribution in [1.82, 2.24) is 0 Å². The number of benzene rings is 2. The average molecular weight is 464 g/mol. The highest BCUT2D eigenvalue weighted by atomic mass is 14.9. The summed E-state index contributed by atoms with van der Waals surface area (Å²) < 4.78 is 0. The van der Waals surface area contributed by atoms with Gasteiger partial charge in [-0.05, 0) is 73.4 Å². The Balaban J connectivity index is 1.99. The predicted octanol–water partition coefficient (Wildman–Crippen LogP) is 11.0. The molecule has 2 rings (SSSR count). The van der Waals surface area contributed by atoms with Crippen molar-refractivity contribution in [1.29, 1.82) is 0 Å². The van der Waals surface area contributed by atoms with E-state index in [2.05, 4.69) is 68.6 Å². The molecule has 1 N–H and O–H groups in total. The van der Waals surface area contributed by atoms with Crippen LogP contribution in [0.25, 0.3) is 0 Å². The zero-order valence-electron chi connectivity index (χ0n) is 22.8. The molecule has 0 unspecified atom stereocenters. The predicted molar refractivity (Wildman–Crippen MR) is 154 cm³/mol. The summed E-state index contributed by atoms with van der Waals surface area (Å²) in [5, 5.41) is 3.79. The van der Waals surface area contributed by atoms with E-state index in [4.69, 9.17) is 0 Å². The third-order valence-electron chi connectivity index (χ3n) is 7.06. The molecule has 190 valence electrons. The van der Waals surface area contributed by atoms with Crippen LogP contribution >= 0.6 is 0 Å². The first-order chi connectivity index (χ1) is 16.8. The highest BCUT2D eigenvalue weighted by Crippen LogP contribution is 2.26. The van der Waals surface area contributed by atoms with Crippen LogP contribution in [0.3, 0.4) is 0 Å². The third-order valence-corrected chi connectivity index (χ3v) is 7.06. The van der Waals surface area contributed by atoms with E-state index in [-0.39, 0.29) is 0 Å². The molecule has 0 saturated carbocycles. The van der Waals surface area contributed by atoms with Crippen LogP contribution in [0.5, 0.6) is 0 Å². The van der Waals surface area contributed by atoms with Crippen molar-refractivity contribution in [2.24, 2.45) is 0 Å². The molecule has 0 saturated heterocycles. The highest BCUT2D eigenvalue weighted by molar-refractivity contribution is 5.64. The van der Waals surface area contributed by atoms with Crippen LogP contribution in [0.4, 0.5) is 11.4 Å². The molecule has 2 aromatic carbocycles. The van der Waals surface area contributed by atoms with Crippen molar-refractivity contribution in [3.05, 3.63) is 59.2 Å². The Morgan fingerprint density at radius 2 is 1.03 bits per heavy atom. The molecule has 1 nitrogen and oxygen atoms in total. The average Bonchev–Trinajstić information content (AvgIpc) is 2.85. The van der Waals surface area contributed by atoms with Gasteiger partial charge in [0.15, 0.2) is 0 Å². The number of nitrogens with one attached hydrogen (secondary N) is 1. The van der Waals surface area contributed by atoms with E-state index in [0.717, 1.165) is 0 Å². The third kappa shape index (κ3) is 12.1. The van der Waals surface area contributed by atoms with Gasteiger partial charge in [0, 0.05) is 11.4 Å². The Morgan fingerprint density at radius 3 is 1.62 bits per heavy atom. The highest BCUT2D eigenvalue weighted by Gasteiger charge is 2.07. The second kappa shape index (κ2) is 18.6. The Kier molecular flexibility index (Phi) is 15.5. The smallest absolute Gasteiger partial charge is 0.0416 e. The number of hydrogen-bond acceptors (Lipinski definition) is 1. The maximum Gasteiger partial charge on any atom is 0.0416 e. The Bertz CT molecular complexity index is 763. The fourth-order valence-electron chi connectivity index (χ4n) is 4.88. The second-order valence-electron chi connectivity index (χ2n) is 10.3. The maximum atomic E-state index is 3.79. The van der Waals surface area contributed by atoms with E-state index in [0.29, 0.717) is 0 Å². The lowest BCUT2D eigenvalue weighted by atomic mass is 9.98. The standard InChI is InChI=1S/C33H53N/c1-4-7-10-13-16-20-29-22-19-24-32(28-29)34-33-26-25-30(21-17-14-11-8-5-2)27-31(33)23-18-15-12-9-6-3/h19,22,24-28,34H,4-18,20-21,23H2,1-3H3. The molecule has 0 amide bonds. The molecule has 0 aliphatic heterocycles. The lowest BCUT2D eigenvalue weighted by molar-refractivity contribution is 0.628. The van der Waals surface area contributed by atoms with Gasteiger partial charge < -0.3 is 5.32 Å². The van der Waals surface area contributed by atoms with Crippen LogP contribution in [0.1, 0.15) is 134 Å². The van der Waals surface area contributed by atoms with Gasteiger partial charge >= 0.3 is 0 Å². The van der Waals surface area contributed by atoms with E-state index in [9.17, 15) is 0 Å². The zero-order chi connectivity index (χ0) is 24.3. The van der Waals surface area contributed by atoms with Crippen molar-refractivity contribution < 1.29 is 0 Å². The van der Waals surface area contributed by atoms with Crippen LogP contribution in [0, 0.1) is 0 Å². The number of unbranched alkanes of at least 4 members (excludes halogenated alkanes) is 12. The number of anilines is 2. The first-order valence-electron chi connectivity index (χ1n) is 14.7. The largest absolute Gasteiger partial charge is 0.355 e. The molecule has 0 fully saturated rings. The number of rotatable bonds is 20. The molecule has 34 heavy (non-hydrogen) atoms. The number of hydrogen-bond donors (Lipinski definition) is 1. The second-order valence-corrected chi connectivity index (χ2v) is 10.3. The minimum atomic E-state index is 1.19. The monoisotopic (exact) mass is 463 g/mol. The van der Waals surface area contributed by atoms with Crippen LogP contribution in [-0.2, 0) is 19.3 Å². The summed E-state index contributed by atoms with van der Waals surface area (Å²) in [6.45, 7) is 6.88. The van der Waals surface area contributed by atoms with Gasteiger partial charge in [0.1, 0.15) is 0 Å². The molecule has 0 heterocycles. The molecule has 1 heteroatoms. The van der Waals surface area contributed by atoms with Crippen molar-refractivity contribution in [3.63, 3.8) is 0 Å². The van der Waals surface area contributed by atoms with Crippen LogP contribution < -0.4 is 5.32 Å². The van der Waals surface area contributed by atoms with Gasteiger partial charge in [0.2, 0.25) is 0 Å². The Labute approximate surface area is 212 Å². The summed E-state index contributed by atoms with van der Waals surface area (Å²) >= 11 is 0. The van der Waals surface area contributed by atoms with Crippen molar-refractivity contribution >= 4 is 11.4 Å². The van der Waals surface area contributed by atoms with Crippen LogP contribution in [0.15, 0.2) is 42.5 Å². The van der Waals surface area contributed by atoms with Gasteiger partial charge in [0.25, 0.3) is 0 Å². The fraction of sp³-hybridized carbons (Fsp3) is 0.636. The summed E-state index contributed by atoms with van der Waals surface area (Å²) in [5.74, 6) is 0. The number of aryl methyl sites for hydroxylation is 3. The first kappa shape index (κ1) is 28.5. The molecular weight excluding hydrogens is 410 g/mol. The molecule has 0 radical (unpaired) electrons. The zero-order valence-corrected chi connectivity index (χ0v) is 22.8. The normalized spacial score (nSPS) is 11.1. The van der Waals surface area contributed by atoms with Gasteiger partial charge in [0.05, 0.1) is 0 Å². The van der Waals surface area contributed by atoms with Gasteiger partial charge in [-0.3, -0.25) is 0 Å². The minimum absolute atomic E-state index is 1.19. The van der Waals surface area contributed by atoms with Crippen LogP contribution in [0.2, 0.25) is 0 Å². The summed E-state index contributed by atoms with van der Waals surface area (Å²) in [6.07, 6.45) is 23.8. The lowest BCUT2D eigenvalue weighted by Gasteiger charge is -2.15. The van der Waals surface area contributed by atoms with Crippen LogP contribution in [-0.4, -0.2) is 0 Å². The molecule has 0 bridgehead atoms. The van der Waals surface area contributed by atoms with Crippen molar-refractivity contribution in [2.45, 2.75) is 136 Å². The topological polar surface area (TPSA) is 12.0 Å². The fourth-order valence-corrected chi connectivity index (χ4v) is 4.88. The van der Waals surface area contributed by atoms with Crippen molar-refractivity contribution in [3.8, 4) is 0 Å². The van der Waals surface area contributed by atoms with Gasteiger partial charge in [-0.1, -0.05) is 122 Å². The lowest BCUT2D eigenvalue weighted by Crippen LogP contribution is -1.99. The van der Waals surface area contributed by atoms with E-state index in [1.807, 2.05) is 0 Å². The molecule has 0 aromatic heterocycles. The summed E-state index contributed by atoms with van der Waals surface area (Å²) in [5.41, 5.74) is 7.04. The van der Waals surface area contributed by atoms with Crippen molar-refractivity contribution in [2.75, 3.05) is 5.32 Å². The Morgan fingerprint density at radius 1 is 0.500 bits per heavy atom. The maximum absolute atomic E-state index is 3.79. The Hall–Kier alpha value is -1.76. The quantitative estimate of drug-likeness (QED) is 0.192. The molecule has 0 atom stereocenters.